The standard InChI is InChI=1S/C15H16N2O3/c1-4-11-13(15(18)19)14(17-9(2)16-11)10-7-5-6-8-12(10)20-3/h5-8H,4H2,1-3H3,(H,18,19)/p-1. The van der Waals surface area contributed by atoms with Crippen LogP contribution in [0.3, 0.4) is 0 Å². The van der Waals surface area contributed by atoms with Crippen molar-refractivity contribution in [3.8, 4) is 17.0 Å². The summed E-state index contributed by atoms with van der Waals surface area (Å²) in [6.45, 7) is 3.58. The maximum Gasteiger partial charge on any atom is 0.128 e. The minimum absolute atomic E-state index is 0.0302. The van der Waals surface area contributed by atoms with Gasteiger partial charge < -0.3 is 14.6 Å². The van der Waals surface area contributed by atoms with Gasteiger partial charge in [-0.15, -0.1) is 0 Å². The van der Waals surface area contributed by atoms with Crippen LogP contribution in [0.2, 0.25) is 0 Å². The van der Waals surface area contributed by atoms with E-state index in [1.807, 2.05) is 13.0 Å². The average molecular weight is 271 g/mol. The van der Waals surface area contributed by atoms with Gasteiger partial charge in [0.2, 0.25) is 0 Å². The topological polar surface area (TPSA) is 75.1 Å². The third-order valence-corrected chi connectivity index (χ3v) is 3.00. The van der Waals surface area contributed by atoms with Gasteiger partial charge in [0, 0.05) is 11.1 Å². The van der Waals surface area contributed by atoms with E-state index in [0.717, 1.165) is 0 Å². The zero-order chi connectivity index (χ0) is 14.7. The van der Waals surface area contributed by atoms with Gasteiger partial charge >= 0.3 is 0 Å². The molecule has 1 heterocycles. The van der Waals surface area contributed by atoms with Crippen LogP contribution in [0.5, 0.6) is 5.75 Å². The summed E-state index contributed by atoms with van der Waals surface area (Å²) < 4.78 is 5.27. The van der Waals surface area contributed by atoms with E-state index in [9.17, 15) is 9.90 Å². The van der Waals surface area contributed by atoms with E-state index >= 15 is 0 Å². The van der Waals surface area contributed by atoms with Crippen molar-refractivity contribution in [2.75, 3.05) is 7.11 Å². The first kappa shape index (κ1) is 14.0. The Morgan fingerprint density at radius 1 is 1.30 bits per heavy atom. The highest BCUT2D eigenvalue weighted by Gasteiger charge is 2.17. The third kappa shape index (κ3) is 2.47. The van der Waals surface area contributed by atoms with Crippen LogP contribution in [0.25, 0.3) is 11.3 Å². The molecule has 0 amide bonds. The van der Waals surface area contributed by atoms with Crippen molar-refractivity contribution >= 4 is 5.97 Å². The van der Waals surface area contributed by atoms with Gasteiger partial charge in [0.05, 0.1) is 24.5 Å². The van der Waals surface area contributed by atoms with Crippen LogP contribution in [0, 0.1) is 6.92 Å². The van der Waals surface area contributed by atoms with E-state index in [-0.39, 0.29) is 5.56 Å². The van der Waals surface area contributed by atoms with Gasteiger partial charge in [-0.25, -0.2) is 9.97 Å². The van der Waals surface area contributed by atoms with Gasteiger partial charge in [-0.2, -0.15) is 0 Å². The number of ether oxygens (including phenoxy) is 1. The number of rotatable bonds is 4. The Hall–Kier alpha value is -2.43. The van der Waals surface area contributed by atoms with Crippen molar-refractivity contribution in [2.45, 2.75) is 20.3 Å². The Kier molecular flexibility index (Phi) is 3.98. The predicted molar refractivity (Wildman–Crippen MR) is 72.5 cm³/mol. The summed E-state index contributed by atoms with van der Waals surface area (Å²) in [7, 11) is 1.53. The predicted octanol–water partition coefficient (Wildman–Crippen LogP) is 1.39. The van der Waals surface area contributed by atoms with E-state index in [1.165, 1.54) is 7.11 Å². The second-order valence-electron chi connectivity index (χ2n) is 4.28. The van der Waals surface area contributed by atoms with E-state index < -0.39 is 5.97 Å². The first-order chi connectivity index (χ1) is 9.58. The van der Waals surface area contributed by atoms with Crippen molar-refractivity contribution in [1.29, 1.82) is 0 Å². The summed E-state index contributed by atoms with van der Waals surface area (Å²) in [4.78, 5) is 19.9. The number of methoxy groups -OCH3 is 1. The molecule has 0 fully saturated rings. The van der Waals surface area contributed by atoms with Gasteiger partial charge in [0.1, 0.15) is 11.6 Å². The summed E-state index contributed by atoms with van der Waals surface area (Å²) in [5, 5.41) is 11.5. The van der Waals surface area contributed by atoms with Gasteiger partial charge in [0.15, 0.2) is 0 Å². The van der Waals surface area contributed by atoms with Crippen molar-refractivity contribution in [3.05, 3.63) is 41.3 Å². The van der Waals surface area contributed by atoms with E-state index in [1.54, 1.807) is 25.1 Å². The second-order valence-corrected chi connectivity index (χ2v) is 4.28. The molecule has 0 bridgehead atoms. The normalized spacial score (nSPS) is 10.3. The maximum absolute atomic E-state index is 11.5. The maximum atomic E-state index is 11.5. The number of para-hydroxylation sites is 1. The molecule has 5 nitrogen and oxygen atoms in total. The molecule has 0 aliphatic heterocycles. The third-order valence-electron chi connectivity index (χ3n) is 3.00. The molecule has 104 valence electrons. The first-order valence-electron chi connectivity index (χ1n) is 6.30. The Bertz CT molecular complexity index is 654. The van der Waals surface area contributed by atoms with Crippen LogP contribution >= 0.6 is 0 Å². The molecule has 0 aliphatic carbocycles. The average Bonchev–Trinajstić information content (AvgIpc) is 2.45. The lowest BCUT2D eigenvalue weighted by molar-refractivity contribution is -0.255. The fourth-order valence-electron chi connectivity index (χ4n) is 2.14. The number of aromatic carboxylic acids is 1. The molecule has 1 aromatic carbocycles. The Morgan fingerprint density at radius 3 is 2.60 bits per heavy atom. The highest BCUT2D eigenvalue weighted by molar-refractivity contribution is 5.95. The summed E-state index contributed by atoms with van der Waals surface area (Å²) >= 11 is 0. The molecule has 0 spiro atoms. The van der Waals surface area contributed by atoms with Crippen LogP contribution in [-0.4, -0.2) is 23.0 Å². The molecule has 2 aromatic rings. The van der Waals surface area contributed by atoms with Gasteiger partial charge in [-0.3, -0.25) is 0 Å². The molecule has 0 saturated carbocycles. The molecule has 0 aliphatic rings. The van der Waals surface area contributed by atoms with E-state index in [4.69, 9.17) is 4.74 Å². The van der Waals surface area contributed by atoms with Crippen molar-refractivity contribution in [3.63, 3.8) is 0 Å². The van der Waals surface area contributed by atoms with Crippen LogP contribution < -0.4 is 9.84 Å². The van der Waals surface area contributed by atoms with Gasteiger partial charge in [-0.1, -0.05) is 19.1 Å². The fraction of sp³-hybridized carbons (Fsp3) is 0.267. The lowest BCUT2D eigenvalue weighted by atomic mass is 10.0. The molecular weight excluding hydrogens is 256 g/mol. The van der Waals surface area contributed by atoms with E-state index in [2.05, 4.69) is 9.97 Å². The molecule has 0 N–H and O–H groups in total. The summed E-state index contributed by atoms with van der Waals surface area (Å²) in [6.07, 6.45) is 0.495. The lowest BCUT2D eigenvalue weighted by Crippen LogP contribution is -2.26. The zero-order valence-corrected chi connectivity index (χ0v) is 11.6. The first-order valence-corrected chi connectivity index (χ1v) is 6.30. The van der Waals surface area contributed by atoms with Gasteiger partial charge in [-0.05, 0) is 25.5 Å². The largest absolute Gasteiger partial charge is 0.545 e. The SMILES string of the molecule is CCc1nc(C)nc(-c2ccccc2OC)c1C(=O)[O-]. The Balaban J connectivity index is 2.78. The number of carboxylic acids is 1. The van der Waals surface area contributed by atoms with Gasteiger partial charge in [0.25, 0.3) is 0 Å². The summed E-state index contributed by atoms with van der Waals surface area (Å²) in [5.74, 6) is -0.189. The monoisotopic (exact) mass is 271 g/mol. The molecule has 2 rings (SSSR count). The highest BCUT2D eigenvalue weighted by atomic mass is 16.5. The molecule has 0 saturated heterocycles. The number of hydrogen-bond donors (Lipinski definition) is 0. The van der Waals surface area contributed by atoms with Crippen molar-refractivity contribution < 1.29 is 14.6 Å². The minimum atomic E-state index is -1.28. The number of carboxylic acid groups (broad SMARTS) is 1. The van der Waals surface area contributed by atoms with Crippen molar-refractivity contribution in [1.82, 2.24) is 9.97 Å². The minimum Gasteiger partial charge on any atom is -0.545 e. The van der Waals surface area contributed by atoms with E-state index in [0.29, 0.717) is 34.9 Å². The Labute approximate surface area is 117 Å². The number of carbonyl (C=O) groups excluding carboxylic acids is 1. The number of aromatic nitrogens is 2. The highest BCUT2D eigenvalue weighted by Crippen LogP contribution is 2.31. The lowest BCUT2D eigenvalue weighted by Gasteiger charge is -2.16. The van der Waals surface area contributed by atoms with Crippen LogP contribution in [0.1, 0.15) is 28.8 Å². The second kappa shape index (κ2) is 5.69. The quantitative estimate of drug-likeness (QED) is 0.840. The zero-order valence-electron chi connectivity index (χ0n) is 11.6. The summed E-state index contributed by atoms with van der Waals surface area (Å²) in [5.41, 5.74) is 1.46. The number of benzene rings is 1. The number of aryl methyl sites for hydroxylation is 2. The molecule has 5 heteroatoms. The Morgan fingerprint density at radius 2 is 2.00 bits per heavy atom. The number of hydrogen-bond acceptors (Lipinski definition) is 5. The molecule has 0 radical (unpaired) electrons. The smallest absolute Gasteiger partial charge is 0.128 e. The number of carbonyl (C=O) groups is 1. The van der Waals surface area contributed by atoms with Crippen LogP contribution in [-0.2, 0) is 6.42 Å². The van der Waals surface area contributed by atoms with Crippen LogP contribution in [0.4, 0.5) is 0 Å². The van der Waals surface area contributed by atoms with Crippen LogP contribution in [0.15, 0.2) is 24.3 Å². The van der Waals surface area contributed by atoms with Crippen molar-refractivity contribution in [2.24, 2.45) is 0 Å². The molecule has 0 unspecified atom stereocenters. The molecule has 0 atom stereocenters. The molecule has 20 heavy (non-hydrogen) atoms. The molecular formula is C15H15N2O3-. The fourth-order valence-corrected chi connectivity index (χ4v) is 2.14. The summed E-state index contributed by atoms with van der Waals surface area (Å²) in [6, 6.07) is 7.15. The molecule has 1 aromatic heterocycles. The number of nitrogens with zero attached hydrogens (tertiary/aromatic N) is 2.